The molecule has 1 atom stereocenters. The van der Waals surface area contributed by atoms with Gasteiger partial charge in [0.25, 0.3) is 0 Å². The summed E-state index contributed by atoms with van der Waals surface area (Å²) in [4.78, 5) is 31.5. The second-order valence-corrected chi connectivity index (χ2v) is 2.79. The van der Waals surface area contributed by atoms with E-state index in [0.29, 0.717) is 5.75 Å². The van der Waals surface area contributed by atoms with Crippen LogP contribution in [0.4, 0.5) is 0 Å². The summed E-state index contributed by atoms with van der Waals surface area (Å²) in [5.74, 6) is -0.836. The Kier molecular flexibility index (Phi) is 16.8. The number of hydrogen-bond acceptors (Lipinski definition) is 4. The van der Waals surface area contributed by atoms with Crippen LogP contribution in [0.25, 0.3) is 0 Å². The number of hydrogen-bond donors (Lipinski definition) is 2. The van der Waals surface area contributed by atoms with Crippen LogP contribution in [0, 0.1) is 0 Å². The molecular weight excluding hydrogens is 391 g/mol. The molecule has 99 valence electrons. The predicted octanol–water partition coefficient (Wildman–Crippen LogP) is 0.293. The van der Waals surface area contributed by atoms with Crippen LogP contribution in [-0.2, 0) is 24.3 Å². The molecule has 0 amide bonds. The first-order chi connectivity index (χ1) is 5.59. The topological polar surface area (TPSA) is 76.4 Å². The second kappa shape index (κ2) is 10.6. The number of rotatable bonds is 4. The first-order valence-electron chi connectivity index (χ1n) is 3.30. The summed E-state index contributed by atoms with van der Waals surface area (Å²) in [5.41, 5.74) is -1.44. The first kappa shape index (κ1) is 25.3. The van der Waals surface area contributed by atoms with Crippen molar-refractivity contribution >= 4 is 55.8 Å². The third-order valence-corrected chi connectivity index (χ3v) is 1.83. The van der Waals surface area contributed by atoms with E-state index in [1.807, 2.05) is 0 Å². The maximum Gasteiger partial charge on any atom is 0.326 e. The minimum Gasteiger partial charge on any atom is -0.480 e. The maximum absolute atomic E-state index is 10.5. The molecule has 0 bridgehead atoms. The van der Waals surface area contributed by atoms with E-state index in [0.717, 1.165) is 4.57 Å². The Morgan fingerprint density at radius 1 is 1.25 bits per heavy atom. The van der Waals surface area contributed by atoms with Crippen LogP contribution < -0.4 is 11.1 Å². The normalized spacial score (nSPS) is 10.1. The molecular formula is C6H10Cl3NO4RhS. The van der Waals surface area contributed by atoms with Gasteiger partial charge in [-0.05, 0) is 12.2 Å². The number of carboxylic acids is 1. The van der Waals surface area contributed by atoms with Crippen LogP contribution >= 0.6 is 49.8 Å². The van der Waals surface area contributed by atoms with Gasteiger partial charge in [0.15, 0.2) is 0 Å². The molecule has 0 fully saturated rings. The van der Waals surface area contributed by atoms with Crippen LogP contribution in [0.3, 0.4) is 0 Å². The van der Waals surface area contributed by atoms with Crippen molar-refractivity contribution in [1.82, 2.24) is 4.57 Å². The first-order valence-corrected chi connectivity index (χ1v) is 3.94. The van der Waals surface area contributed by atoms with Crippen LogP contribution in [0.15, 0.2) is 9.59 Å². The van der Waals surface area contributed by atoms with Crippen molar-refractivity contribution < 1.29 is 29.4 Å². The molecule has 0 saturated carbocycles. The zero-order valence-corrected chi connectivity index (χ0v) is 12.6. The molecule has 0 spiro atoms. The smallest absolute Gasteiger partial charge is 0.326 e. The minimum atomic E-state index is -1.16. The molecule has 0 unspecified atom stereocenters. The fourth-order valence-electron chi connectivity index (χ4n) is 0.914. The monoisotopic (exact) mass is 400 g/mol. The van der Waals surface area contributed by atoms with Gasteiger partial charge >= 0.3 is 17.1 Å². The Bertz CT molecular complexity index is 353. The summed E-state index contributed by atoms with van der Waals surface area (Å²) in [6.45, 7) is 0. The molecule has 1 heterocycles. The second-order valence-electron chi connectivity index (χ2n) is 2.35. The number of carboxylic acid groups (broad SMARTS) is 1. The van der Waals surface area contributed by atoms with Gasteiger partial charge in [-0.1, -0.05) is 0 Å². The van der Waals surface area contributed by atoms with E-state index in [2.05, 4.69) is 12.6 Å². The number of carbonyl (C=O) groups is 1. The Hall–Kier alpha value is 0.453. The van der Waals surface area contributed by atoms with E-state index in [9.17, 15) is 14.4 Å². The van der Waals surface area contributed by atoms with Crippen molar-refractivity contribution in [2.45, 2.75) is 12.5 Å². The zero-order valence-electron chi connectivity index (χ0n) is 7.62. The standard InChI is InChI=1S/C6H7NO4S.3ClH.Rh/c8-4-5(9)7(4)3(1-2-12)6(10)11;;;;/h3,12H,1-2H2,(H,10,11);3*1H;/t3-;;;;/m0..../s1. The van der Waals surface area contributed by atoms with E-state index in [1.54, 1.807) is 0 Å². The summed E-state index contributed by atoms with van der Waals surface area (Å²) in [5, 5.41) is 8.57. The van der Waals surface area contributed by atoms with Crippen molar-refractivity contribution in [3.63, 3.8) is 0 Å². The van der Waals surface area contributed by atoms with E-state index in [4.69, 9.17) is 5.11 Å². The van der Waals surface area contributed by atoms with Crippen molar-refractivity contribution in [1.29, 1.82) is 0 Å². The molecule has 1 aromatic heterocycles. The van der Waals surface area contributed by atoms with Crippen LogP contribution in [0.2, 0.25) is 0 Å². The molecule has 0 aliphatic heterocycles. The molecule has 1 radical (unpaired) electrons. The van der Waals surface area contributed by atoms with Gasteiger partial charge < -0.3 is 5.11 Å². The molecule has 0 aliphatic carbocycles. The number of aliphatic carboxylic acids is 1. The van der Waals surface area contributed by atoms with Crippen molar-refractivity contribution in [3.8, 4) is 0 Å². The largest absolute Gasteiger partial charge is 0.480 e. The SMILES string of the molecule is Cl.Cl.Cl.O=C(O)[C@H](CCS)n1c(=O)c1=O.[Rh]. The van der Waals surface area contributed by atoms with E-state index in [1.165, 1.54) is 0 Å². The molecule has 0 aliphatic rings. The molecule has 0 saturated heterocycles. The van der Waals surface area contributed by atoms with Gasteiger partial charge in [-0.25, -0.2) is 4.79 Å². The van der Waals surface area contributed by atoms with Crippen molar-refractivity contribution in [3.05, 3.63) is 20.7 Å². The Morgan fingerprint density at radius 2 is 1.62 bits per heavy atom. The van der Waals surface area contributed by atoms with Crippen LogP contribution in [0.5, 0.6) is 0 Å². The molecule has 1 rings (SSSR count). The van der Waals surface area contributed by atoms with Crippen LogP contribution in [0.1, 0.15) is 12.5 Å². The van der Waals surface area contributed by atoms with E-state index < -0.39 is 23.1 Å². The average molecular weight is 401 g/mol. The van der Waals surface area contributed by atoms with Gasteiger partial charge in [0.2, 0.25) is 0 Å². The van der Waals surface area contributed by atoms with E-state index in [-0.39, 0.29) is 63.1 Å². The summed E-state index contributed by atoms with van der Waals surface area (Å²) in [7, 11) is 0. The Balaban J connectivity index is -0.000000180. The number of halogens is 3. The van der Waals surface area contributed by atoms with Gasteiger partial charge in [0.05, 0.1) is 0 Å². The summed E-state index contributed by atoms with van der Waals surface area (Å²) >= 11 is 3.82. The van der Waals surface area contributed by atoms with Crippen LogP contribution in [-0.4, -0.2) is 21.4 Å². The third-order valence-electron chi connectivity index (χ3n) is 1.57. The number of nitrogens with zero attached hydrogens (tertiary/aromatic N) is 1. The molecule has 16 heavy (non-hydrogen) atoms. The maximum atomic E-state index is 10.5. The molecule has 1 aromatic rings. The Labute approximate surface area is 128 Å². The molecule has 1 N–H and O–H groups in total. The summed E-state index contributed by atoms with van der Waals surface area (Å²) < 4.78 is 0.735. The zero-order chi connectivity index (χ0) is 9.30. The van der Waals surface area contributed by atoms with Crippen molar-refractivity contribution in [2.75, 3.05) is 5.75 Å². The van der Waals surface area contributed by atoms with Gasteiger partial charge in [-0.15, -0.1) is 37.2 Å². The fraction of sp³-hybridized carbons (Fsp3) is 0.500. The third kappa shape index (κ3) is 5.68. The molecule has 0 aromatic carbocycles. The minimum absolute atomic E-state index is 0. The average Bonchev–Trinajstić information content (AvgIpc) is 2.56. The van der Waals surface area contributed by atoms with Gasteiger partial charge in [0, 0.05) is 19.5 Å². The predicted molar refractivity (Wildman–Crippen MR) is 66.2 cm³/mol. The number of thiol groups is 1. The van der Waals surface area contributed by atoms with Gasteiger partial charge in [-0.3, -0.25) is 14.2 Å². The fourth-order valence-corrected chi connectivity index (χ4v) is 1.16. The van der Waals surface area contributed by atoms with Gasteiger partial charge in [0.1, 0.15) is 6.04 Å². The van der Waals surface area contributed by atoms with Gasteiger partial charge in [-0.2, -0.15) is 12.6 Å². The van der Waals surface area contributed by atoms with E-state index >= 15 is 0 Å². The summed E-state index contributed by atoms with van der Waals surface area (Å²) in [6.07, 6.45) is 0.190. The number of aromatic nitrogens is 1. The molecule has 10 heteroatoms. The summed E-state index contributed by atoms with van der Waals surface area (Å²) in [6, 6.07) is -1.03. The Morgan fingerprint density at radius 3 is 1.81 bits per heavy atom. The van der Waals surface area contributed by atoms with Crippen molar-refractivity contribution in [2.24, 2.45) is 0 Å². The quantitative estimate of drug-likeness (QED) is 0.432. The molecule has 5 nitrogen and oxygen atoms in total.